The Morgan fingerprint density at radius 1 is 1.04 bits per heavy atom. The molecule has 1 aliphatic carbocycles. The maximum Gasteiger partial charge on any atom is 0.234 e. The molecule has 0 aromatic heterocycles. The van der Waals surface area contributed by atoms with Gasteiger partial charge in [-0.2, -0.15) is 0 Å². The first kappa shape index (κ1) is 18.9. The van der Waals surface area contributed by atoms with E-state index in [1.807, 2.05) is 30.3 Å². The van der Waals surface area contributed by atoms with Crippen LogP contribution in [-0.4, -0.2) is 42.4 Å². The number of piperidine rings is 1. The monoisotopic (exact) mass is 357 g/mol. The number of likely N-dealkylation sites (tertiary alicyclic amines) is 1. The van der Waals surface area contributed by atoms with E-state index in [-0.39, 0.29) is 17.7 Å². The summed E-state index contributed by atoms with van der Waals surface area (Å²) in [6, 6.07) is 9.93. The first-order valence-corrected chi connectivity index (χ1v) is 9.99. The minimum atomic E-state index is 0.0351. The van der Waals surface area contributed by atoms with E-state index in [1.165, 1.54) is 19.3 Å². The standard InChI is InChI=1S/C21H31N3O2/c1-16-7-5-6-10-19(16)23-20(25)15-24-13-11-17(12-14-24)21(26)22-18-8-3-2-4-9-18/h2-4,8-9,16-17,19H,5-7,10-15H2,1H3,(H,22,26)(H,23,25)/t16-,19+/m0/s1. The highest BCUT2D eigenvalue weighted by atomic mass is 16.2. The van der Waals surface area contributed by atoms with Crippen molar-refractivity contribution >= 4 is 17.5 Å². The summed E-state index contributed by atoms with van der Waals surface area (Å²) in [7, 11) is 0. The molecule has 0 spiro atoms. The minimum Gasteiger partial charge on any atom is -0.352 e. The number of nitrogens with one attached hydrogen (secondary N) is 2. The van der Waals surface area contributed by atoms with Gasteiger partial charge in [-0.05, 0) is 56.8 Å². The Kier molecular flexibility index (Phi) is 6.67. The van der Waals surface area contributed by atoms with Gasteiger partial charge in [0.2, 0.25) is 11.8 Å². The average molecular weight is 357 g/mol. The zero-order valence-corrected chi connectivity index (χ0v) is 15.7. The molecule has 26 heavy (non-hydrogen) atoms. The first-order valence-electron chi connectivity index (χ1n) is 9.99. The summed E-state index contributed by atoms with van der Waals surface area (Å²) in [6.07, 6.45) is 6.45. The fourth-order valence-electron chi connectivity index (χ4n) is 4.11. The third-order valence-electron chi connectivity index (χ3n) is 5.82. The summed E-state index contributed by atoms with van der Waals surface area (Å²) in [5.41, 5.74) is 0.848. The van der Waals surface area contributed by atoms with E-state index in [4.69, 9.17) is 0 Å². The third kappa shape index (κ3) is 5.31. The number of para-hydroxylation sites is 1. The predicted molar refractivity (Wildman–Crippen MR) is 104 cm³/mol. The van der Waals surface area contributed by atoms with Gasteiger partial charge < -0.3 is 10.6 Å². The molecule has 5 heteroatoms. The second-order valence-corrected chi connectivity index (χ2v) is 7.84. The van der Waals surface area contributed by atoms with Crippen molar-refractivity contribution in [2.24, 2.45) is 11.8 Å². The Labute approximate surface area is 156 Å². The van der Waals surface area contributed by atoms with Crippen LogP contribution in [0.5, 0.6) is 0 Å². The van der Waals surface area contributed by atoms with Gasteiger partial charge in [-0.15, -0.1) is 0 Å². The number of benzene rings is 1. The van der Waals surface area contributed by atoms with Crippen LogP contribution in [-0.2, 0) is 9.59 Å². The lowest BCUT2D eigenvalue weighted by Crippen LogP contribution is -2.47. The highest BCUT2D eigenvalue weighted by Gasteiger charge is 2.27. The zero-order valence-electron chi connectivity index (χ0n) is 15.7. The Morgan fingerprint density at radius 2 is 1.73 bits per heavy atom. The first-order chi connectivity index (χ1) is 12.6. The van der Waals surface area contributed by atoms with Gasteiger partial charge in [0.25, 0.3) is 0 Å². The van der Waals surface area contributed by atoms with Gasteiger partial charge in [-0.3, -0.25) is 14.5 Å². The summed E-state index contributed by atoms with van der Waals surface area (Å²) in [5, 5.41) is 6.21. The number of hydrogen-bond donors (Lipinski definition) is 2. The SMILES string of the molecule is C[C@H]1CCCC[C@H]1NC(=O)CN1CCC(C(=O)Nc2ccccc2)CC1. The van der Waals surface area contributed by atoms with Crippen molar-refractivity contribution in [2.75, 3.05) is 25.0 Å². The van der Waals surface area contributed by atoms with Crippen LogP contribution in [0, 0.1) is 11.8 Å². The Bertz CT molecular complexity index is 597. The van der Waals surface area contributed by atoms with Gasteiger partial charge in [-0.25, -0.2) is 0 Å². The van der Waals surface area contributed by atoms with Crippen molar-refractivity contribution in [3.8, 4) is 0 Å². The van der Waals surface area contributed by atoms with Crippen molar-refractivity contribution in [3.63, 3.8) is 0 Å². The lowest BCUT2D eigenvalue weighted by Gasteiger charge is -2.33. The number of carbonyl (C=O) groups is 2. The van der Waals surface area contributed by atoms with Crippen molar-refractivity contribution < 1.29 is 9.59 Å². The molecule has 1 aliphatic heterocycles. The van der Waals surface area contributed by atoms with Crippen molar-refractivity contribution in [2.45, 2.75) is 51.5 Å². The molecule has 1 aromatic carbocycles. The van der Waals surface area contributed by atoms with E-state index in [9.17, 15) is 9.59 Å². The van der Waals surface area contributed by atoms with Crippen LogP contribution >= 0.6 is 0 Å². The summed E-state index contributed by atoms with van der Waals surface area (Å²) in [5.74, 6) is 0.847. The fraction of sp³-hybridized carbons (Fsp3) is 0.619. The maximum absolute atomic E-state index is 12.4. The average Bonchev–Trinajstić information content (AvgIpc) is 2.65. The van der Waals surface area contributed by atoms with Crippen LogP contribution in [0.4, 0.5) is 5.69 Å². The van der Waals surface area contributed by atoms with E-state index >= 15 is 0 Å². The van der Waals surface area contributed by atoms with Crippen LogP contribution in [0.2, 0.25) is 0 Å². The molecule has 0 bridgehead atoms. The molecule has 1 saturated carbocycles. The molecule has 0 radical (unpaired) electrons. The summed E-state index contributed by atoms with van der Waals surface area (Å²) in [6.45, 7) is 4.30. The summed E-state index contributed by atoms with van der Waals surface area (Å²) < 4.78 is 0. The topological polar surface area (TPSA) is 61.4 Å². The molecule has 2 atom stereocenters. The Balaban J connectivity index is 1.39. The molecule has 3 rings (SSSR count). The molecule has 2 N–H and O–H groups in total. The summed E-state index contributed by atoms with van der Waals surface area (Å²) in [4.78, 5) is 26.9. The number of anilines is 1. The van der Waals surface area contributed by atoms with Crippen LogP contribution in [0.25, 0.3) is 0 Å². The van der Waals surface area contributed by atoms with Gasteiger partial charge >= 0.3 is 0 Å². The van der Waals surface area contributed by atoms with Gasteiger partial charge in [0.1, 0.15) is 0 Å². The van der Waals surface area contributed by atoms with Gasteiger partial charge in [0.05, 0.1) is 6.54 Å². The molecule has 142 valence electrons. The number of carbonyl (C=O) groups excluding carboxylic acids is 2. The fourth-order valence-corrected chi connectivity index (χ4v) is 4.11. The van der Waals surface area contributed by atoms with E-state index in [0.29, 0.717) is 18.5 Å². The Hall–Kier alpha value is -1.88. The minimum absolute atomic E-state index is 0.0351. The molecular weight excluding hydrogens is 326 g/mol. The number of hydrogen-bond acceptors (Lipinski definition) is 3. The van der Waals surface area contributed by atoms with Gasteiger partial charge in [0.15, 0.2) is 0 Å². The molecule has 2 fully saturated rings. The molecule has 2 aliphatic rings. The second-order valence-electron chi connectivity index (χ2n) is 7.84. The molecule has 5 nitrogen and oxygen atoms in total. The molecule has 1 aromatic rings. The van der Waals surface area contributed by atoms with Crippen LogP contribution in [0.15, 0.2) is 30.3 Å². The lowest BCUT2D eigenvalue weighted by atomic mass is 9.86. The number of rotatable bonds is 5. The molecule has 2 amide bonds. The highest BCUT2D eigenvalue weighted by Crippen LogP contribution is 2.24. The third-order valence-corrected chi connectivity index (χ3v) is 5.82. The summed E-state index contributed by atoms with van der Waals surface area (Å²) >= 11 is 0. The molecule has 0 unspecified atom stereocenters. The van der Waals surface area contributed by atoms with Gasteiger partial charge in [0, 0.05) is 17.6 Å². The van der Waals surface area contributed by atoms with Crippen molar-refractivity contribution in [1.82, 2.24) is 10.2 Å². The van der Waals surface area contributed by atoms with E-state index in [0.717, 1.165) is 38.0 Å². The van der Waals surface area contributed by atoms with Crippen molar-refractivity contribution in [3.05, 3.63) is 30.3 Å². The quantitative estimate of drug-likeness (QED) is 0.851. The molecular formula is C21H31N3O2. The number of nitrogens with zero attached hydrogens (tertiary/aromatic N) is 1. The molecule has 1 heterocycles. The van der Waals surface area contributed by atoms with Crippen LogP contribution < -0.4 is 10.6 Å². The van der Waals surface area contributed by atoms with Crippen molar-refractivity contribution in [1.29, 1.82) is 0 Å². The Morgan fingerprint density at radius 3 is 2.42 bits per heavy atom. The van der Waals surface area contributed by atoms with Crippen LogP contribution in [0.1, 0.15) is 45.4 Å². The lowest BCUT2D eigenvalue weighted by molar-refractivity contribution is -0.124. The second kappa shape index (κ2) is 9.17. The normalized spacial score (nSPS) is 24.8. The molecule has 1 saturated heterocycles. The smallest absolute Gasteiger partial charge is 0.234 e. The number of amides is 2. The zero-order chi connectivity index (χ0) is 18.4. The highest BCUT2D eigenvalue weighted by molar-refractivity contribution is 5.92. The van der Waals surface area contributed by atoms with E-state index in [1.54, 1.807) is 0 Å². The predicted octanol–water partition coefficient (Wildman–Crippen LogP) is 3.03. The largest absolute Gasteiger partial charge is 0.352 e. The maximum atomic E-state index is 12.4. The van der Waals surface area contributed by atoms with Crippen LogP contribution in [0.3, 0.4) is 0 Å². The van der Waals surface area contributed by atoms with E-state index in [2.05, 4.69) is 22.5 Å². The van der Waals surface area contributed by atoms with E-state index < -0.39 is 0 Å². The van der Waals surface area contributed by atoms with Gasteiger partial charge in [-0.1, -0.05) is 38.0 Å².